The lowest BCUT2D eigenvalue weighted by Crippen LogP contribution is -2.16. The number of anilines is 2. The van der Waals surface area contributed by atoms with Gasteiger partial charge in [0.25, 0.3) is 0 Å². The second kappa shape index (κ2) is 42.5. The van der Waals surface area contributed by atoms with Crippen LogP contribution < -0.4 is 5.32 Å². The summed E-state index contributed by atoms with van der Waals surface area (Å²) >= 11 is 0. The number of ether oxygens (including phenoxy) is 10. The number of rotatable bonds is 47. The van der Waals surface area contributed by atoms with E-state index in [1.54, 1.807) is 18.2 Å². The minimum atomic E-state index is -4.48. The average Bonchev–Trinajstić information content (AvgIpc) is 3.30. The molecule has 0 heterocycles. The third kappa shape index (κ3) is 35.0. The number of hydrogen-bond acceptors (Lipinski definition) is 12. The number of para-hydroxylation sites is 1. The monoisotopic (exact) mass is 930 g/mol. The Balaban J connectivity index is 1.21. The van der Waals surface area contributed by atoms with Crippen molar-refractivity contribution in [3.63, 3.8) is 0 Å². The summed E-state index contributed by atoms with van der Waals surface area (Å²) in [5, 5.41) is 2.87. The van der Waals surface area contributed by atoms with Crippen LogP contribution in [0.3, 0.4) is 0 Å². The predicted molar refractivity (Wildman–Crippen MR) is 248 cm³/mol. The van der Waals surface area contributed by atoms with E-state index in [9.17, 15) is 18.0 Å². The molecule has 2 aromatic rings. The van der Waals surface area contributed by atoms with Crippen LogP contribution in [0.4, 0.5) is 24.5 Å². The van der Waals surface area contributed by atoms with Crippen LogP contribution in [0.5, 0.6) is 0 Å². The maximum atomic E-state index is 13.1. The third-order valence-electron chi connectivity index (χ3n) is 10.2. The maximum Gasteiger partial charge on any atom is 0.416 e. The van der Waals surface area contributed by atoms with Gasteiger partial charge in [0.05, 0.1) is 129 Å². The minimum absolute atomic E-state index is 0.00156. The number of esters is 1. The van der Waals surface area contributed by atoms with Crippen LogP contribution in [0.1, 0.15) is 126 Å². The van der Waals surface area contributed by atoms with Gasteiger partial charge in [-0.1, -0.05) is 121 Å². The molecule has 0 aliphatic rings. The normalized spacial score (nSPS) is 11.7. The highest BCUT2D eigenvalue weighted by molar-refractivity contribution is 5.96. The van der Waals surface area contributed by atoms with E-state index in [-0.39, 0.29) is 24.5 Å². The van der Waals surface area contributed by atoms with Gasteiger partial charge < -0.3 is 52.7 Å². The van der Waals surface area contributed by atoms with Crippen molar-refractivity contribution in [2.75, 3.05) is 131 Å². The smallest absolute Gasteiger partial charge is 0.416 e. The fourth-order valence-corrected chi connectivity index (χ4v) is 6.58. The molecule has 0 aromatic heterocycles. The quantitative estimate of drug-likeness (QED) is 0.0502. The summed E-state index contributed by atoms with van der Waals surface area (Å²) in [5.41, 5.74) is -0.0773. The number of alkyl halides is 3. The van der Waals surface area contributed by atoms with E-state index in [2.05, 4.69) is 12.2 Å². The van der Waals surface area contributed by atoms with Gasteiger partial charge in [-0.05, 0) is 36.8 Å². The Morgan fingerprint density at radius 1 is 0.431 bits per heavy atom. The van der Waals surface area contributed by atoms with E-state index in [0.29, 0.717) is 111 Å². The molecule has 1 N–H and O–H groups in total. The Morgan fingerprint density at radius 3 is 1.18 bits per heavy atom. The summed E-state index contributed by atoms with van der Waals surface area (Å²) in [4.78, 5) is 12.6. The van der Waals surface area contributed by atoms with E-state index >= 15 is 0 Å². The first-order chi connectivity index (χ1) is 31.9. The summed E-state index contributed by atoms with van der Waals surface area (Å²) < 4.78 is 94.3. The molecule has 0 saturated heterocycles. The standard InChI is InChI=1S/C50H82F3NO11/c1-2-3-4-5-6-7-8-9-10-11-12-13-14-15-16-19-25-56-26-27-57-28-29-58-30-31-59-32-33-60-34-35-61-36-37-62-38-39-63-40-41-64-42-43-65-49(55)47-23-17-18-24-48(47)54-46-22-20-21-45(44-46)50(51,52)53/h17-18,20-24,44,54H,2-16,19,25-43H2,1H3. The van der Waals surface area contributed by atoms with Crippen molar-refractivity contribution in [2.45, 2.75) is 116 Å². The maximum absolute atomic E-state index is 13.1. The third-order valence-corrected chi connectivity index (χ3v) is 10.2. The van der Waals surface area contributed by atoms with Crippen molar-refractivity contribution in [3.05, 3.63) is 59.7 Å². The zero-order valence-electron chi connectivity index (χ0n) is 39.5. The Labute approximate surface area is 388 Å². The fourth-order valence-electron chi connectivity index (χ4n) is 6.58. The van der Waals surface area contributed by atoms with E-state index in [1.165, 1.54) is 115 Å². The Morgan fingerprint density at radius 2 is 0.785 bits per heavy atom. The summed E-state index contributed by atoms with van der Waals surface area (Å²) in [5.74, 6) is -0.625. The molecule has 0 aliphatic heterocycles. The van der Waals surface area contributed by atoms with Gasteiger partial charge in [0.2, 0.25) is 0 Å². The first-order valence-electron chi connectivity index (χ1n) is 24.3. The second-order valence-corrected chi connectivity index (χ2v) is 15.7. The van der Waals surface area contributed by atoms with Crippen LogP contribution in [-0.4, -0.2) is 132 Å². The van der Waals surface area contributed by atoms with E-state index in [4.69, 9.17) is 47.4 Å². The van der Waals surface area contributed by atoms with Gasteiger partial charge >= 0.3 is 12.1 Å². The summed E-state index contributed by atoms with van der Waals surface area (Å²) in [7, 11) is 0. The molecule has 0 spiro atoms. The Kier molecular flexibility index (Phi) is 38.1. The number of benzene rings is 2. The molecule has 0 unspecified atom stereocenters. The molecule has 0 atom stereocenters. The molecular weight excluding hydrogens is 848 g/mol. The van der Waals surface area contributed by atoms with Gasteiger partial charge in [-0.15, -0.1) is 0 Å². The predicted octanol–water partition coefficient (Wildman–Crippen LogP) is 11.0. The summed E-state index contributed by atoms with van der Waals surface area (Å²) in [6.07, 6.45) is 17.5. The number of carbonyl (C=O) groups is 1. The molecule has 2 rings (SSSR count). The van der Waals surface area contributed by atoms with Crippen molar-refractivity contribution < 1.29 is 65.3 Å². The van der Waals surface area contributed by atoms with Gasteiger partial charge in [-0.3, -0.25) is 0 Å². The van der Waals surface area contributed by atoms with Crippen molar-refractivity contribution in [2.24, 2.45) is 0 Å². The van der Waals surface area contributed by atoms with Crippen molar-refractivity contribution in [1.82, 2.24) is 0 Å². The molecule has 0 fully saturated rings. The zero-order valence-corrected chi connectivity index (χ0v) is 39.5. The highest BCUT2D eigenvalue weighted by Crippen LogP contribution is 2.32. The molecule has 2 aromatic carbocycles. The van der Waals surface area contributed by atoms with E-state index in [1.807, 2.05) is 0 Å². The zero-order chi connectivity index (χ0) is 46.6. The first-order valence-corrected chi connectivity index (χ1v) is 24.3. The van der Waals surface area contributed by atoms with Crippen molar-refractivity contribution in [3.8, 4) is 0 Å². The Hall–Kier alpha value is -2.86. The number of carbonyl (C=O) groups excluding carboxylic acids is 1. The lowest BCUT2D eigenvalue weighted by molar-refractivity contribution is -0.137. The van der Waals surface area contributed by atoms with Crippen LogP contribution in [-0.2, 0) is 53.5 Å². The number of hydrogen-bond donors (Lipinski definition) is 1. The molecule has 374 valence electrons. The Bertz CT molecular complexity index is 1370. The molecule has 0 amide bonds. The molecule has 0 saturated carbocycles. The van der Waals surface area contributed by atoms with E-state index in [0.717, 1.165) is 25.2 Å². The van der Waals surface area contributed by atoms with Crippen LogP contribution in [0, 0.1) is 0 Å². The van der Waals surface area contributed by atoms with Gasteiger partial charge in [-0.25, -0.2) is 4.79 Å². The van der Waals surface area contributed by atoms with Gasteiger partial charge in [-0.2, -0.15) is 13.2 Å². The average molecular weight is 930 g/mol. The molecule has 0 aliphatic carbocycles. The molecule has 15 heteroatoms. The van der Waals surface area contributed by atoms with Crippen molar-refractivity contribution >= 4 is 17.3 Å². The van der Waals surface area contributed by atoms with E-state index < -0.39 is 17.7 Å². The SMILES string of the molecule is CCCCCCCCCCCCCCCCCCOCCOCCOCCOCCOCCOCCOCCOCCOCCOC(=O)c1ccccc1Nc1cccc(C(F)(F)F)c1. The topological polar surface area (TPSA) is 121 Å². The van der Waals surface area contributed by atoms with Crippen LogP contribution in [0.25, 0.3) is 0 Å². The molecular formula is C50H82F3NO11. The highest BCUT2D eigenvalue weighted by atomic mass is 19.4. The van der Waals surface area contributed by atoms with Gasteiger partial charge in [0, 0.05) is 12.3 Å². The van der Waals surface area contributed by atoms with Crippen molar-refractivity contribution in [1.29, 1.82) is 0 Å². The minimum Gasteiger partial charge on any atom is -0.460 e. The van der Waals surface area contributed by atoms with Crippen LogP contribution in [0.15, 0.2) is 48.5 Å². The number of unbranched alkanes of at least 4 members (excludes halogenated alkanes) is 15. The fraction of sp³-hybridized carbons (Fsp3) is 0.740. The largest absolute Gasteiger partial charge is 0.460 e. The molecule has 12 nitrogen and oxygen atoms in total. The van der Waals surface area contributed by atoms with Crippen LogP contribution >= 0.6 is 0 Å². The van der Waals surface area contributed by atoms with Gasteiger partial charge in [0.15, 0.2) is 0 Å². The first kappa shape index (κ1) is 58.3. The molecule has 65 heavy (non-hydrogen) atoms. The second-order valence-electron chi connectivity index (χ2n) is 15.7. The van der Waals surface area contributed by atoms with Crippen LogP contribution in [0.2, 0.25) is 0 Å². The summed E-state index contributed by atoms with van der Waals surface area (Å²) in [6.45, 7) is 10.8. The molecule has 0 radical (unpaired) electrons. The highest BCUT2D eigenvalue weighted by Gasteiger charge is 2.30. The lowest BCUT2D eigenvalue weighted by atomic mass is 10.0. The lowest BCUT2D eigenvalue weighted by Gasteiger charge is -2.13. The number of nitrogens with one attached hydrogen (secondary N) is 1. The number of halogens is 3. The summed E-state index contributed by atoms with van der Waals surface area (Å²) in [6, 6.07) is 11.2. The molecule has 0 bridgehead atoms. The van der Waals surface area contributed by atoms with Gasteiger partial charge in [0.1, 0.15) is 6.61 Å².